The first-order chi connectivity index (χ1) is 11.6. The van der Waals surface area contributed by atoms with E-state index in [4.69, 9.17) is 40.9 Å². The van der Waals surface area contributed by atoms with Crippen LogP contribution in [0.3, 0.4) is 0 Å². The Labute approximate surface area is 160 Å². The van der Waals surface area contributed by atoms with Crippen LogP contribution in [-0.2, 0) is 45.8 Å². The fourth-order valence-electron chi connectivity index (χ4n) is 1.43. The number of carbonyl (C=O) groups is 6. The topological polar surface area (TPSA) is 264 Å². The van der Waals surface area contributed by atoms with Gasteiger partial charge >= 0.3 is 52.9 Å². The molecule has 0 aliphatic carbocycles. The van der Waals surface area contributed by atoms with Gasteiger partial charge in [-0.3, -0.25) is 19.2 Å². The van der Waals surface area contributed by atoms with E-state index in [-0.39, 0.29) is 17.1 Å². The van der Waals surface area contributed by atoms with Crippen LogP contribution < -0.4 is 0 Å². The van der Waals surface area contributed by atoms with Gasteiger partial charge in [-0.2, -0.15) is 0 Å². The Morgan fingerprint density at radius 1 is 0.481 bits per heavy atom. The van der Waals surface area contributed by atoms with Crippen LogP contribution in [0.15, 0.2) is 0 Å². The van der Waals surface area contributed by atoms with E-state index in [9.17, 15) is 28.8 Å². The SMILES string of the molecule is O=C(O)CC(O)(CC(=O)O)C(=O)O.O=C(O)CC(O)(CC(=O)O)C(=O)O.[Cu+2]. The standard InChI is InChI=1S/2C6H8O7.Cu/c2*7-3(8)1-6(13,5(11)12)2-4(9)10;/h2*13H,1-2H2,(H,7,8)(H,9,10)(H,11,12);/q;;+2. The fourth-order valence-corrected chi connectivity index (χ4v) is 1.43. The van der Waals surface area contributed by atoms with Gasteiger partial charge in [0.05, 0.1) is 25.7 Å². The summed E-state index contributed by atoms with van der Waals surface area (Å²) in [7, 11) is 0. The number of hydrogen-bond donors (Lipinski definition) is 8. The molecule has 8 N–H and O–H groups in total. The van der Waals surface area contributed by atoms with E-state index in [1.807, 2.05) is 0 Å². The molecule has 0 spiro atoms. The summed E-state index contributed by atoms with van der Waals surface area (Å²) < 4.78 is 0. The van der Waals surface area contributed by atoms with Gasteiger partial charge in [-0.05, 0) is 0 Å². The van der Waals surface area contributed by atoms with Crippen LogP contribution in [-0.4, -0.2) is 87.9 Å². The zero-order chi connectivity index (χ0) is 21.3. The molecule has 0 rings (SSSR count). The average Bonchev–Trinajstić information content (AvgIpc) is 2.34. The van der Waals surface area contributed by atoms with Crippen molar-refractivity contribution in [2.45, 2.75) is 36.9 Å². The molecule has 157 valence electrons. The molecule has 0 heterocycles. The van der Waals surface area contributed by atoms with Crippen LogP contribution in [0, 0.1) is 0 Å². The van der Waals surface area contributed by atoms with Crippen LogP contribution >= 0.6 is 0 Å². The van der Waals surface area contributed by atoms with Crippen LogP contribution in [0.2, 0.25) is 0 Å². The normalized spacial score (nSPS) is 10.4. The molecule has 15 heteroatoms. The van der Waals surface area contributed by atoms with E-state index in [0.717, 1.165) is 0 Å². The van der Waals surface area contributed by atoms with Crippen LogP contribution in [0.1, 0.15) is 25.7 Å². The van der Waals surface area contributed by atoms with Crippen molar-refractivity contribution in [1.29, 1.82) is 0 Å². The number of aliphatic carboxylic acids is 6. The van der Waals surface area contributed by atoms with Crippen molar-refractivity contribution < 1.29 is 86.7 Å². The van der Waals surface area contributed by atoms with Gasteiger partial charge in [0, 0.05) is 0 Å². The number of aliphatic hydroxyl groups is 2. The van der Waals surface area contributed by atoms with Gasteiger partial charge in [-0.15, -0.1) is 0 Å². The Morgan fingerprint density at radius 2 is 0.630 bits per heavy atom. The molecule has 0 aromatic rings. The third kappa shape index (κ3) is 12.3. The fraction of sp³-hybridized carbons (Fsp3) is 0.500. The molecule has 0 aromatic heterocycles. The smallest absolute Gasteiger partial charge is 0.481 e. The van der Waals surface area contributed by atoms with Crippen molar-refractivity contribution in [3.63, 3.8) is 0 Å². The second-order valence-electron chi connectivity index (χ2n) is 4.96. The van der Waals surface area contributed by atoms with Crippen LogP contribution in [0.25, 0.3) is 0 Å². The van der Waals surface area contributed by atoms with E-state index in [2.05, 4.69) is 0 Å². The molecule has 1 radical (unpaired) electrons. The summed E-state index contributed by atoms with van der Waals surface area (Å²) in [5.74, 6) is -10.0. The predicted molar refractivity (Wildman–Crippen MR) is 74.2 cm³/mol. The van der Waals surface area contributed by atoms with E-state index >= 15 is 0 Å². The second-order valence-corrected chi connectivity index (χ2v) is 4.96. The minimum atomic E-state index is -2.74. The molecule has 0 aliphatic rings. The van der Waals surface area contributed by atoms with Crippen molar-refractivity contribution >= 4 is 35.8 Å². The third-order valence-electron chi connectivity index (χ3n) is 2.57. The quantitative estimate of drug-likeness (QED) is 0.161. The summed E-state index contributed by atoms with van der Waals surface area (Å²) >= 11 is 0. The molecule has 0 atom stereocenters. The van der Waals surface area contributed by atoms with Gasteiger partial charge in [0.15, 0.2) is 11.2 Å². The summed E-state index contributed by atoms with van der Waals surface area (Å²) in [4.78, 5) is 61.0. The average molecular weight is 448 g/mol. The summed E-state index contributed by atoms with van der Waals surface area (Å²) in [6.07, 6.45) is -4.58. The molecule has 0 saturated carbocycles. The van der Waals surface area contributed by atoms with Crippen molar-refractivity contribution in [2.24, 2.45) is 0 Å². The third-order valence-corrected chi connectivity index (χ3v) is 2.57. The minimum absolute atomic E-state index is 0. The molecule has 0 aromatic carbocycles. The summed E-state index contributed by atoms with van der Waals surface area (Å²) in [6.45, 7) is 0. The largest absolute Gasteiger partial charge is 2.00 e. The summed E-state index contributed by atoms with van der Waals surface area (Å²) in [5, 5.41) is 67.6. The molecule has 0 aliphatic heterocycles. The maximum Gasteiger partial charge on any atom is 2.00 e. The van der Waals surface area contributed by atoms with Gasteiger partial charge in [-0.1, -0.05) is 0 Å². The van der Waals surface area contributed by atoms with Crippen molar-refractivity contribution in [3.8, 4) is 0 Å². The molecular weight excluding hydrogens is 432 g/mol. The zero-order valence-electron chi connectivity index (χ0n) is 13.2. The Hall–Kier alpha value is -2.74. The van der Waals surface area contributed by atoms with Crippen molar-refractivity contribution in [2.75, 3.05) is 0 Å². The number of rotatable bonds is 10. The van der Waals surface area contributed by atoms with Gasteiger partial charge in [0.1, 0.15) is 0 Å². The maximum atomic E-state index is 10.3. The summed E-state index contributed by atoms with van der Waals surface area (Å²) in [5.41, 5.74) is -5.48. The molecule has 0 unspecified atom stereocenters. The molecule has 27 heavy (non-hydrogen) atoms. The second kappa shape index (κ2) is 11.8. The molecule has 0 bridgehead atoms. The van der Waals surface area contributed by atoms with Crippen LogP contribution in [0.5, 0.6) is 0 Å². The monoisotopic (exact) mass is 447 g/mol. The Morgan fingerprint density at radius 3 is 0.704 bits per heavy atom. The number of carboxylic acids is 6. The van der Waals surface area contributed by atoms with E-state index in [1.165, 1.54) is 0 Å². The predicted octanol–water partition coefficient (Wildman–Crippen LogP) is -2.50. The summed E-state index contributed by atoms with van der Waals surface area (Å²) in [6, 6.07) is 0. The number of hydrogen-bond acceptors (Lipinski definition) is 8. The van der Waals surface area contributed by atoms with Crippen molar-refractivity contribution in [1.82, 2.24) is 0 Å². The van der Waals surface area contributed by atoms with E-state index < -0.39 is 72.7 Å². The van der Waals surface area contributed by atoms with Crippen LogP contribution in [0.4, 0.5) is 0 Å². The van der Waals surface area contributed by atoms with Gasteiger partial charge < -0.3 is 40.9 Å². The maximum absolute atomic E-state index is 10.3. The zero-order valence-corrected chi connectivity index (χ0v) is 14.1. The van der Waals surface area contributed by atoms with Gasteiger partial charge in [0.25, 0.3) is 0 Å². The molecular formula is C12H16CuO14+2. The first-order valence-corrected chi connectivity index (χ1v) is 6.34. The number of carboxylic acid groups (broad SMARTS) is 6. The minimum Gasteiger partial charge on any atom is -0.481 e. The molecule has 14 nitrogen and oxygen atoms in total. The van der Waals surface area contributed by atoms with E-state index in [1.54, 1.807) is 0 Å². The van der Waals surface area contributed by atoms with E-state index in [0.29, 0.717) is 0 Å². The van der Waals surface area contributed by atoms with Crippen molar-refractivity contribution in [3.05, 3.63) is 0 Å². The molecule has 0 saturated heterocycles. The molecule has 0 amide bonds. The van der Waals surface area contributed by atoms with Gasteiger partial charge in [-0.25, -0.2) is 9.59 Å². The first-order valence-electron chi connectivity index (χ1n) is 6.34. The van der Waals surface area contributed by atoms with Gasteiger partial charge in [0.2, 0.25) is 0 Å². The Bertz CT molecular complexity index is 513. The first kappa shape index (κ1) is 29.0. The molecule has 0 fully saturated rings. The Balaban J connectivity index is -0.000000411. The Kier molecular flexibility index (Phi) is 12.7.